The molecule has 2 heterocycles. The molecule has 26 heavy (non-hydrogen) atoms. The van der Waals surface area contributed by atoms with Crippen LogP contribution in [-0.2, 0) is 0 Å². The van der Waals surface area contributed by atoms with Crippen LogP contribution in [-0.4, -0.2) is 75.3 Å². The molecule has 7 nitrogen and oxygen atoms in total. The summed E-state index contributed by atoms with van der Waals surface area (Å²) in [6, 6.07) is 10.2. The maximum Gasteiger partial charge on any atom is 0.224 e. The summed E-state index contributed by atoms with van der Waals surface area (Å²) in [4.78, 5) is 15.8. The molecular formula is C19H28N6O. The van der Waals surface area contributed by atoms with Crippen LogP contribution in [0.1, 0.15) is 0 Å². The predicted octanol–water partition coefficient (Wildman–Crippen LogP) is 1.79. The van der Waals surface area contributed by atoms with E-state index in [-0.39, 0.29) is 0 Å². The molecule has 0 bridgehead atoms. The third-order valence-electron chi connectivity index (χ3n) is 4.51. The number of methoxy groups -OCH3 is 1. The molecule has 0 unspecified atom stereocenters. The number of benzene rings is 1. The Hall–Kier alpha value is -2.54. The average Bonchev–Trinajstić information content (AvgIpc) is 2.68. The van der Waals surface area contributed by atoms with Crippen LogP contribution in [0.2, 0.25) is 0 Å². The number of piperazine rings is 1. The number of hydrogen-bond acceptors (Lipinski definition) is 7. The molecule has 3 rings (SSSR count). The van der Waals surface area contributed by atoms with Crippen molar-refractivity contribution in [2.75, 3.05) is 75.6 Å². The lowest BCUT2D eigenvalue weighted by Crippen LogP contribution is -2.47. The number of ether oxygens (including phenoxy) is 1. The fourth-order valence-corrected chi connectivity index (χ4v) is 3.07. The number of hydrogen-bond donors (Lipinski definition) is 1. The monoisotopic (exact) mass is 356 g/mol. The lowest BCUT2D eigenvalue weighted by atomic mass is 10.2. The minimum atomic E-state index is 0.691. The molecule has 0 radical (unpaired) electrons. The van der Waals surface area contributed by atoms with Crippen LogP contribution in [0.3, 0.4) is 0 Å². The van der Waals surface area contributed by atoms with Crippen molar-refractivity contribution in [1.82, 2.24) is 14.9 Å². The molecule has 0 saturated carbocycles. The van der Waals surface area contributed by atoms with Crippen molar-refractivity contribution < 1.29 is 4.74 Å². The molecule has 2 aromatic rings. The van der Waals surface area contributed by atoms with Gasteiger partial charge in [0.1, 0.15) is 11.6 Å². The van der Waals surface area contributed by atoms with E-state index < -0.39 is 0 Å². The molecule has 1 aromatic carbocycles. The lowest BCUT2D eigenvalue weighted by molar-refractivity contribution is 0.413. The van der Waals surface area contributed by atoms with Gasteiger partial charge in [0, 0.05) is 45.5 Å². The molecule has 1 aliphatic heterocycles. The van der Waals surface area contributed by atoms with E-state index in [1.54, 1.807) is 7.11 Å². The Morgan fingerprint density at radius 2 is 1.81 bits per heavy atom. The van der Waals surface area contributed by atoms with Gasteiger partial charge in [0.2, 0.25) is 5.95 Å². The van der Waals surface area contributed by atoms with Crippen molar-refractivity contribution in [1.29, 1.82) is 0 Å². The normalized spacial score (nSPS) is 14.6. The third-order valence-corrected chi connectivity index (χ3v) is 4.51. The number of likely N-dealkylation sites (N-methyl/N-ethyl adjacent to an activating group) is 1. The molecule has 7 heteroatoms. The summed E-state index contributed by atoms with van der Waals surface area (Å²) in [6.45, 7) is 5.50. The minimum absolute atomic E-state index is 0.691. The first-order valence-electron chi connectivity index (χ1n) is 9.02. The molecule has 1 aromatic heterocycles. The number of para-hydroxylation sites is 2. The molecule has 1 aliphatic rings. The molecule has 140 valence electrons. The molecule has 0 amide bonds. The van der Waals surface area contributed by atoms with Gasteiger partial charge in [-0.1, -0.05) is 12.1 Å². The Morgan fingerprint density at radius 3 is 2.54 bits per heavy atom. The molecule has 1 saturated heterocycles. The van der Waals surface area contributed by atoms with E-state index in [9.17, 15) is 0 Å². The zero-order valence-electron chi connectivity index (χ0n) is 15.9. The number of aromatic nitrogens is 2. The van der Waals surface area contributed by atoms with E-state index in [1.807, 2.05) is 24.4 Å². The van der Waals surface area contributed by atoms with Gasteiger partial charge in [-0.25, -0.2) is 4.98 Å². The second-order valence-electron chi connectivity index (χ2n) is 6.61. The van der Waals surface area contributed by atoms with Crippen LogP contribution in [0.15, 0.2) is 36.5 Å². The Balaban J connectivity index is 1.59. The van der Waals surface area contributed by atoms with Gasteiger partial charge < -0.3 is 24.8 Å². The zero-order chi connectivity index (χ0) is 18.4. The second-order valence-corrected chi connectivity index (χ2v) is 6.61. The van der Waals surface area contributed by atoms with E-state index in [1.165, 1.54) is 0 Å². The topological polar surface area (TPSA) is 56.8 Å². The minimum Gasteiger partial charge on any atom is -0.495 e. The highest BCUT2D eigenvalue weighted by Crippen LogP contribution is 2.29. The van der Waals surface area contributed by atoms with Crippen molar-refractivity contribution in [3.63, 3.8) is 0 Å². The quantitative estimate of drug-likeness (QED) is 0.811. The van der Waals surface area contributed by atoms with E-state index in [2.05, 4.69) is 56.2 Å². The Bertz CT molecular complexity index is 700. The van der Waals surface area contributed by atoms with Gasteiger partial charge >= 0.3 is 0 Å². The largest absolute Gasteiger partial charge is 0.495 e. The average molecular weight is 356 g/mol. The van der Waals surface area contributed by atoms with Gasteiger partial charge in [0.05, 0.1) is 12.8 Å². The van der Waals surface area contributed by atoms with Gasteiger partial charge in [-0.15, -0.1) is 0 Å². The van der Waals surface area contributed by atoms with Gasteiger partial charge in [-0.2, -0.15) is 4.98 Å². The van der Waals surface area contributed by atoms with E-state index in [4.69, 9.17) is 4.74 Å². The number of nitrogens with one attached hydrogen (secondary N) is 1. The number of nitrogens with zero attached hydrogens (tertiary/aromatic N) is 5. The first kappa shape index (κ1) is 18.3. The van der Waals surface area contributed by atoms with Crippen LogP contribution in [0, 0.1) is 0 Å². The Morgan fingerprint density at radius 1 is 1.08 bits per heavy atom. The van der Waals surface area contributed by atoms with Crippen molar-refractivity contribution in [2.45, 2.75) is 0 Å². The van der Waals surface area contributed by atoms with Crippen LogP contribution in [0.5, 0.6) is 5.75 Å². The van der Waals surface area contributed by atoms with Crippen LogP contribution in [0.25, 0.3) is 0 Å². The SMILES string of the molecule is COc1ccccc1N1CCN(c2ccnc(NCCN(C)C)n2)CC1. The zero-order valence-corrected chi connectivity index (χ0v) is 15.9. The van der Waals surface area contributed by atoms with E-state index in [0.717, 1.165) is 56.5 Å². The molecule has 0 aliphatic carbocycles. The smallest absolute Gasteiger partial charge is 0.224 e. The van der Waals surface area contributed by atoms with E-state index in [0.29, 0.717) is 5.95 Å². The first-order chi connectivity index (χ1) is 12.7. The van der Waals surface area contributed by atoms with Crippen molar-refractivity contribution in [2.24, 2.45) is 0 Å². The summed E-state index contributed by atoms with van der Waals surface area (Å²) in [6.07, 6.45) is 1.83. The summed E-state index contributed by atoms with van der Waals surface area (Å²) in [5.74, 6) is 2.60. The van der Waals surface area contributed by atoms with Crippen molar-refractivity contribution in [3.8, 4) is 5.75 Å². The standard InChI is InChI=1S/C19H28N6O/c1-23(2)11-10-21-19-20-9-8-18(22-19)25-14-12-24(13-15-25)16-6-4-5-7-17(16)26-3/h4-9H,10-15H2,1-3H3,(H,20,21,22). The molecular weight excluding hydrogens is 328 g/mol. The van der Waals surface area contributed by atoms with Crippen LogP contribution in [0.4, 0.5) is 17.5 Å². The molecule has 1 fully saturated rings. The number of rotatable bonds is 7. The van der Waals surface area contributed by atoms with Gasteiger partial charge in [0.15, 0.2) is 0 Å². The lowest BCUT2D eigenvalue weighted by Gasteiger charge is -2.37. The van der Waals surface area contributed by atoms with Crippen molar-refractivity contribution >= 4 is 17.5 Å². The fourth-order valence-electron chi connectivity index (χ4n) is 3.07. The first-order valence-corrected chi connectivity index (χ1v) is 9.02. The molecule has 1 N–H and O–H groups in total. The Kier molecular flexibility index (Phi) is 6.12. The van der Waals surface area contributed by atoms with Gasteiger partial charge in [0.25, 0.3) is 0 Å². The second kappa shape index (κ2) is 8.71. The number of anilines is 3. The summed E-state index contributed by atoms with van der Waals surface area (Å²) in [7, 11) is 5.83. The molecule has 0 spiro atoms. The summed E-state index contributed by atoms with van der Waals surface area (Å²) >= 11 is 0. The molecule has 0 atom stereocenters. The predicted molar refractivity (Wildman–Crippen MR) is 106 cm³/mol. The van der Waals surface area contributed by atoms with Crippen molar-refractivity contribution in [3.05, 3.63) is 36.5 Å². The summed E-state index contributed by atoms with van der Waals surface area (Å²) in [5, 5.41) is 3.29. The maximum absolute atomic E-state index is 5.49. The highest BCUT2D eigenvalue weighted by molar-refractivity contribution is 5.59. The summed E-state index contributed by atoms with van der Waals surface area (Å²) < 4.78 is 5.49. The van der Waals surface area contributed by atoms with Crippen LogP contribution >= 0.6 is 0 Å². The van der Waals surface area contributed by atoms with Gasteiger partial charge in [-0.3, -0.25) is 0 Å². The fraction of sp³-hybridized carbons (Fsp3) is 0.474. The van der Waals surface area contributed by atoms with Gasteiger partial charge in [-0.05, 0) is 32.3 Å². The van der Waals surface area contributed by atoms with E-state index >= 15 is 0 Å². The highest BCUT2D eigenvalue weighted by Gasteiger charge is 2.20. The highest BCUT2D eigenvalue weighted by atomic mass is 16.5. The Labute approximate surface area is 155 Å². The third kappa shape index (κ3) is 4.54. The van der Waals surface area contributed by atoms with Crippen LogP contribution < -0.4 is 19.9 Å². The maximum atomic E-state index is 5.49. The summed E-state index contributed by atoms with van der Waals surface area (Å²) in [5.41, 5.74) is 1.16.